The number of ether oxygens (including phenoxy) is 1. The standard InChI is InChI=1S/C12H25NO/c1-10-5-7-12(13,8-6-10)9-14-11(2,3)4/h10H,5-9,13H2,1-4H3. The molecule has 0 aromatic heterocycles. The summed E-state index contributed by atoms with van der Waals surface area (Å²) in [6, 6.07) is 0. The maximum atomic E-state index is 6.30. The summed E-state index contributed by atoms with van der Waals surface area (Å²) < 4.78 is 5.78. The average molecular weight is 199 g/mol. The van der Waals surface area contributed by atoms with Crippen LogP contribution < -0.4 is 5.73 Å². The van der Waals surface area contributed by atoms with Gasteiger partial charge in [-0.1, -0.05) is 6.92 Å². The van der Waals surface area contributed by atoms with Crippen LogP contribution in [-0.4, -0.2) is 17.7 Å². The van der Waals surface area contributed by atoms with Crippen molar-refractivity contribution in [2.45, 2.75) is 64.5 Å². The molecule has 0 radical (unpaired) electrons. The van der Waals surface area contributed by atoms with Crippen molar-refractivity contribution in [2.75, 3.05) is 6.61 Å². The maximum absolute atomic E-state index is 6.30. The van der Waals surface area contributed by atoms with Crippen LogP contribution in [0, 0.1) is 5.92 Å². The molecule has 0 aliphatic heterocycles. The molecule has 0 unspecified atom stereocenters. The van der Waals surface area contributed by atoms with Crippen LogP contribution in [0.1, 0.15) is 53.4 Å². The smallest absolute Gasteiger partial charge is 0.0653 e. The summed E-state index contributed by atoms with van der Waals surface area (Å²) in [5, 5.41) is 0. The third kappa shape index (κ3) is 3.97. The second kappa shape index (κ2) is 4.19. The highest BCUT2D eigenvalue weighted by atomic mass is 16.5. The highest BCUT2D eigenvalue weighted by Gasteiger charge is 2.31. The SMILES string of the molecule is CC1CCC(N)(COC(C)(C)C)CC1. The van der Waals surface area contributed by atoms with Gasteiger partial charge in [0.25, 0.3) is 0 Å². The molecule has 14 heavy (non-hydrogen) atoms. The summed E-state index contributed by atoms with van der Waals surface area (Å²) in [6.45, 7) is 9.28. The summed E-state index contributed by atoms with van der Waals surface area (Å²) in [5.74, 6) is 0.848. The molecule has 0 heterocycles. The third-order valence-electron chi connectivity index (χ3n) is 3.06. The Labute approximate surface area is 88.2 Å². The largest absolute Gasteiger partial charge is 0.374 e. The van der Waals surface area contributed by atoms with E-state index in [2.05, 4.69) is 27.7 Å². The van der Waals surface area contributed by atoms with Gasteiger partial charge in [-0.05, 0) is 52.4 Å². The molecule has 2 N–H and O–H groups in total. The number of nitrogens with two attached hydrogens (primary N) is 1. The first-order valence-corrected chi connectivity index (χ1v) is 5.74. The molecule has 0 atom stereocenters. The Morgan fingerprint density at radius 3 is 2.21 bits per heavy atom. The van der Waals surface area contributed by atoms with Crippen LogP contribution in [0.15, 0.2) is 0 Å². The lowest BCUT2D eigenvalue weighted by Crippen LogP contribution is -2.48. The van der Waals surface area contributed by atoms with E-state index in [0.717, 1.165) is 18.8 Å². The minimum atomic E-state index is -0.0601. The van der Waals surface area contributed by atoms with E-state index in [1.54, 1.807) is 0 Å². The van der Waals surface area contributed by atoms with Gasteiger partial charge in [0, 0.05) is 5.54 Å². The molecule has 0 bridgehead atoms. The molecule has 1 rings (SSSR count). The van der Waals surface area contributed by atoms with Crippen LogP contribution >= 0.6 is 0 Å². The van der Waals surface area contributed by atoms with Crippen LogP contribution in [0.3, 0.4) is 0 Å². The maximum Gasteiger partial charge on any atom is 0.0653 e. The highest BCUT2D eigenvalue weighted by Crippen LogP contribution is 2.30. The highest BCUT2D eigenvalue weighted by molar-refractivity contribution is 4.89. The lowest BCUT2D eigenvalue weighted by Gasteiger charge is -2.37. The van der Waals surface area contributed by atoms with E-state index in [1.807, 2.05) is 0 Å². The molecule has 2 heteroatoms. The molecule has 0 saturated heterocycles. The Kier molecular flexibility index (Phi) is 3.59. The first-order chi connectivity index (χ1) is 6.31. The minimum absolute atomic E-state index is 0.0558. The lowest BCUT2D eigenvalue weighted by molar-refractivity contribution is -0.0384. The Hall–Kier alpha value is -0.0800. The van der Waals surface area contributed by atoms with Crippen molar-refractivity contribution in [1.29, 1.82) is 0 Å². The van der Waals surface area contributed by atoms with Gasteiger partial charge in [0.2, 0.25) is 0 Å². The molecule has 0 aromatic carbocycles. The predicted octanol–water partition coefficient (Wildman–Crippen LogP) is 2.71. The van der Waals surface area contributed by atoms with Crippen LogP contribution in [0.2, 0.25) is 0 Å². The zero-order chi connectivity index (χ0) is 10.8. The predicted molar refractivity (Wildman–Crippen MR) is 60.3 cm³/mol. The second-order valence-corrected chi connectivity index (χ2v) is 5.95. The molecule has 1 aliphatic carbocycles. The van der Waals surface area contributed by atoms with E-state index in [1.165, 1.54) is 12.8 Å². The van der Waals surface area contributed by atoms with E-state index in [4.69, 9.17) is 10.5 Å². The van der Waals surface area contributed by atoms with Crippen LogP contribution in [0.5, 0.6) is 0 Å². The molecule has 1 aliphatic rings. The van der Waals surface area contributed by atoms with Crippen LogP contribution in [0.25, 0.3) is 0 Å². The number of hydrogen-bond acceptors (Lipinski definition) is 2. The quantitative estimate of drug-likeness (QED) is 0.742. The number of rotatable bonds is 2. The molecular formula is C12H25NO. The topological polar surface area (TPSA) is 35.2 Å². The van der Waals surface area contributed by atoms with Crippen molar-refractivity contribution in [3.8, 4) is 0 Å². The molecule has 84 valence electrons. The summed E-state index contributed by atoms with van der Waals surface area (Å²) >= 11 is 0. The van der Waals surface area contributed by atoms with Gasteiger partial charge in [0.1, 0.15) is 0 Å². The Balaban J connectivity index is 2.36. The lowest BCUT2D eigenvalue weighted by atomic mass is 9.78. The second-order valence-electron chi connectivity index (χ2n) is 5.95. The van der Waals surface area contributed by atoms with Crippen LogP contribution in [-0.2, 0) is 4.74 Å². The third-order valence-corrected chi connectivity index (χ3v) is 3.06. The molecule has 2 nitrogen and oxygen atoms in total. The van der Waals surface area contributed by atoms with E-state index in [-0.39, 0.29) is 11.1 Å². The minimum Gasteiger partial charge on any atom is -0.374 e. The summed E-state index contributed by atoms with van der Waals surface area (Å²) in [4.78, 5) is 0. The van der Waals surface area contributed by atoms with Gasteiger partial charge in [-0.3, -0.25) is 0 Å². The van der Waals surface area contributed by atoms with Crippen LogP contribution in [0.4, 0.5) is 0 Å². The summed E-state index contributed by atoms with van der Waals surface area (Å²) in [5.41, 5.74) is 6.19. The summed E-state index contributed by atoms with van der Waals surface area (Å²) in [7, 11) is 0. The monoisotopic (exact) mass is 199 g/mol. The van der Waals surface area contributed by atoms with Gasteiger partial charge in [-0.2, -0.15) is 0 Å². The normalized spacial score (nSPS) is 34.5. The molecular weight excluding hydrogens is 174 g/mol. The van der Waals surface area contributed by atoms with Gasteiger partial charge < -0.3 is 10.5 Å². The zero-order valence-corrected chi connectivity index (χ0v) is 10.1. The van der Waals surface area contributed by atoms with Crippen molar-refractivity contribution >= 4 is 0 Å². The Morgan fingerprint density at radius 1 is 1.29 bits per heavy atom. The Bertz CT molecular complexity index is 175. The van der Waals surface area contributed by atoms with E-state index in [0.29, 0.717) is 6.61 Å². The van der Waals surface area contributed by atoms with E-state index in [9.17, 15) is 0 Å². The molecule has 0 aromatic rings. The van der Waals surface area contributed by atoms with Gasteiger partial charge in [-0.15, -0.1) is 0 Å². The molecule has 1 fully saturated rings. The zero-order valence-electron chi connectivity index (χ0n) is 10.1. The van der Waals surface area contributed by atoms with Gasteiger partial charge in [0.05, 0.1) is 12.2 Å². The molecule has 0 spiro atoms. The van der Waals surface area contributed by atoms with Crippen molar-refractivity contribution in [1.82, 2.24) is 0 Å². The van der Waals surface area contributed by atoms with Crippen molar-refractivity contribution in [3.05, 3.63) is 0 Å². The molecule has 1 saturated carbocycles. The van der Waals surface area contributed by atoms with Crippen molar-refractivity contribution in [3.63, 3.8) is 0 Å². The number of hydrogen-bond donors (Lipinski definition) is 1. The fourth-order valence-corrected chi connectivity index (χ4v) is 1.84. The van der Waals surface area contributed by atoms with Gasteiger partial charge in [0.15, 0.2) is 0 Å². The van der Waals surface area contributed by atoms with Crippen molar-refractivity contribution < 1.29 is 4.74 Å². The van der Waals surface area contributed by atoms with Gasteiger partial charge in [-0.25, -0.2) is 0 Å². The molecule has 0 amide bonds. The summed E-state index contributed by atoms with van der Waals surface area (Å²) in [6.07, 6.45) is 4.74. The van der Waals surface area contributed by atoms with Gasteiger partial charge >= 0.3 is 0 Å². The average Bonchev–Trinajstić information content (AvgIpc) is 2.07. The fraction of sp³-hybridized carbons (Fsp3) is 1.00. The first-order valence-electron chi connectivity index (χ1n) is 5.74. The first kappa shape index (κ1) is 12.0. The fourth-order valence-electron chi connectivity index (χ4n) is 1.84. The van der Waals surface area contributed by atoms with E-state index >= 15 is 0 Å². The Morgan fingerprint density at radius 2 is 1.79 bits per heavy atom. The van der Waals surface area contributed by atoms with Crippen molar-refractivity contribution in [2.24, 2.45) is 11.7 Å². The van der Waals surface area contributed by atoms with E-state index < -0.39 is 0 Å².